The fourth-order valence-corrected chi connectivity index (χ4v) is 2.99. The first-order chi connectivity index (χ1) is 9.61. The van der Waals surface area contributed by atoms with E-state index in [9.17, 15) is 4.79 Å². The van der Waals surface area contributed by atoms with Gasteiger partial charge in [0.05, 0.1) is 12.7 Å². The first-order valence-electron chi connectivity index (χ1n) is 5.97. The maximum absolute atomic E-state index is 11.7. The molecule has 3 nitrogen and oxygen atoms in total. The summed E-state index contributed by atoms with van der Waals surface area (Å²) in [4.78, 5) is 11.7. The van der Waals surface area contributed by atoms with E-state index in [4.69, 9.17) is 4.74 Å². The lowest BCUT2D eigenvalue weighted by atomic mass is 10.1. The van der Waals surface area contributed by atoms with Crippen molar-refractivity contribution in [3.8, 4) is 0 Å². The quantitative estimate of drug-likeness (QED) is 0.764. The summed E-state index contributed by atoms with van der Waals surface area (Å²) in [5.41, 5.74) is 2.44. The lowest BCUT2D eigenvalue weighted by Crippen LogP contribution is -2.09. The molecule has 104 valence electrons. The molecule has 2 aromatic rings. The van der Waals surface area contributed by atoms with Crippen molar-refractivity contribution in [2.24, 2.45) is 0 Å². The van der Waals surface area contributed by atoms with Gasteiger partial charge in [-0.1, -0.05) is 34.1 Å². The molecule has 0 aliphatic rings. The Bertz CT molecular complexity index is 629. The van der Waals surface area contributed by atoms with Gasteiger partial charge < -0.3 is 10.1 Å². The summed E-state index contributed by atoms with van der Waals surface area (Å²) in [6.07, 6.45) is 0. The third kappa shape index (κ3) is 3.61. The number of benzene rings is 2. The molecule has 0 saturated heterocycles. The summed E-state index contributed by atoms with van der Waals surface area (Å²) in [7, 11) is 1.39. The molecule has 0 spiro atoms. The monoisotopic (exact) mass is 397 g/mol. The molecular formula is C15H13Br2NO2. The largest absolute Gasteiger partial charge is 0.465 e. The van der Waals surface area contributed by atoms with E-state index in [1.54, 1.807) is 6.07 Å². The first kappa shape index (κ1) is 15.1. The molecule has 2 rings (SSSR count). The van der Waals surface area contributed by atoms with Crippen LogP contribution in [0.1, 0.15) is 15.9 Å². The van der Waals surface area contributed by atoms with Gasteiger partial charge in [0.1, 0.15) is 0 Å². The van der Waals surface area contributed by atoms with E-state index in [-0.39, 0.29) is 5.97 Å². The van der Waals surface area contributed by atoms with Crippen LogP contribution < -0.4 is 5.32 Å². The zero-order valence-corrected chi connectivity index (χ0v) is 14.0. The number of esters is 1. The van der Waals surface area contributed by atoms with Gasteiger partial charge in [0.2, 0.25) is 0 Å². The molecule has 0 amide bonds. The van der Waals surface area contributed by atoms with Crippen molar-refractivity contribution in [2.45, 2.75) is 6.54 Å². The number of hydrogen-bond acceptors (Lipinski definition) is 3. The molecule has 0 bridgehead atoms. The van der Waals surface area contributed by atoms with Crippen LogP contribution in [0.3, 0.4) is 0 Å². The average Bonchev–Trinajstić information content (AvgIpc) is 2.46. The van der Waals surface area contributed by atoms with E-state index in [2.05, 4.69) is 37.2 Å². The first-order valence-corrected chi connectivity index (χ1v) is 7.55. The molecule has 2 aromatic carbocycles. The van der Waals surface area contributed by atoms with Crippen molar-refractivity contribution in [1.82, 2.24) is 0 Å². The minimum Gasteiger partial charge on any atom is -0.465 e. The van der Waals surface area contributed by atoms with Crippen LogP contribution in [0, 0.1) is 0 Å². The fraction of sp³-hybridized carbons (Fsp3) is 0.133. The third-order valence-electron chi connectivity index (χ3n) is 2.82. The molecule has 0 aliphatic heterocycles. The summed E-state index contributed by atoms with van der Waals surface area (Å²) >= 11 is 6.91. The van der Waals surface area contributed by atoms with Gasteiger partial charge in [-0.15, -0.1) is 0 Å². The van der Waals surface area contributed by atoms with Gasteiger partial charge in [0.15, 0.2) is 0 Å². The second-order valence-electron chi connectivity index (χ2n) is 4.13. The predicted octanol–water partition coefficient (Wildman–Crippen LogP) is 4.61. The Hall–Kier alpha value is -1.33. The highest BCUT2D eigenvalue weighted by molar-refractivity contribution is 9.11. The van der Waals surface area contributed by atoms with E-state index >= 15 is 0 Å². The van der Waals surface area contributed by atoms with Gasteiger partial charge in [-0.25, -0.2) is 4.79 Å². The predicted molar refractivity (Wildman–Crippen MR) is 87.0 cm³/mol. The van der Waals surface area contributed by atoms with E-state index in [0.29, 0.717) is 12.1 Å². The Balaban J connectivity index is 2.17. The molecule has 0 unspecified atom stereocenters. The number of methoxy groups -OCH3 is 1. The second-order valence-corrected chi connectivity index (χ2v) is 5.90. The average molecular weight is 399 g/mol. The topological polar surface area (TPSA) is 38.3 Å². The molecule has 0 saturated carbocycles. The molecule has 0 aromatic heterocycles. The molecule has 20 heavy (non-hydrogen) atoms. The van der Waals surface area contributed by atoms with Gasteiger partial charge in [0, 0.05) is 21.2 Å². The van der Waals surface area contributed by atoms with Gasteiger partial charge in [-0.05, 0) is 45.8 Å². The van der Waals surface area contributed by atoms with Crippen LogP contribution in [0.2, 0.25) is 0 Å². The van der Waals surface area contributed by atoms with E-state index in [1.807, 2.05) is 36.4 Å². The fourth-order valence-electron chi connectivity index (χ4n) is 1.81. The summed E-state index contributed by atoms with van der Waals surface area (Å²) < 4.78 is 6.75. The Kier molecular flexibility index (Phi) is 5.20. The molecule has 0 heterocycles. The van der Waals surface area contributed by atoms with Crippen molar-refractivity contribution in [2.75, 3.05) is 12.4 Å². The maximum atomic E-state index is 11.7. The number of hydrogen-bond donors (Lipinski definition) is 1. The van der Waals surface area contributed by atoms with Crippen LogP contribution in [0.15, 0.2) is 51.4 Å². The van der Waals surface area contributed by atoms with Crippen LogP contribution in [0.5, 0.6) is 0 Å². The zero-order chi connectivity index (χ0) is 14.5. The van der Waals surface area contributed by atoms with Crippen LogP contribution in [-0.2, 0) is 11.3 Å². The number of anilines is 1. The van der Waals surface area contributed by atoms with Crippen molar-refractivity contribution in [3.05, 3.63) is 62.5 Å². The van der Waals surface area contributed by atoms with Crippen LogP contribution in [0.4, 0.5) is 5.69 Å². The zero-order valence-electron chi connectivity index (χ0n) is 10.8. The number of ether oxygens (including phenoxy) is 1. The highest BCUT2D eigenvalue weighted by Gasteiger charge is 2.10. The van der Waals surface area contributed by atoms with Crippen LogP contribution in [0.25, 0.3) is 0 Å². The third-order valence-corrected chi connectivity index (χ3v) is 3.97. The smallest absolute Gasteiger partial charge is 0.338 e. The van der Waals surface area contributed by atoms with Gasteiger partial charge in [-0.3, -0.25) is 0 Å². The van der Waals surface area contributed by atoms with Gasteiger partial charge in [0.25, 0.3) is 0 Å². The number of nitrogens with one attached hydrogen (secondary N) is 1. The van der Waals surface area contributed by atoms with E-state index < -0.39 is 0 Å². The van der Waals surface area contributed by atoms with E-state index in [1.165, 1.54) is 7.11 Å². The van der Waals surface area contributed by atoms with Crippen molar-refractivity contribution < 1.29 is 9.53 Å². The van der Waals surface area contributed by atoms with Crippen molar-refractivity contribution >= 4 is 43.5 Å². The van der Waals surface area contributed by atoms with Crippen LogP contribution >= 0.6 is 31.9 Å². The summed E-state index contributed by atoms with van der Waals surface area (Å²) in [6.45, 7) is 0.547. The molecule has 0 fully saturated rings. The standard InChI is InChI=1S/C15H13Br2NO2/c1-20-15(19)12-5-3-2-4-10(12)9-18-14-7-6-11(16)8-13(14)17/h2-8,18H,9H2,1H3. The molecule has 1 N–H and O–H groups in total. The lowest BCUT2D eigenvalue weighted by Gasteiger charge is -2.11. The van der Waals surface area contributed by atoms with Crippen molar-refractivity contribution in [3.63, 3.8) is 0 Å². The molecule has 0 radical (unpaired) electrons. The number of rotatable bonds is 4. The Morgan fingerprint density at radius 2 is 1.95 bits per heavy atom. The second kappa shape index (κ2) is 6.90. The highest BCUT2D eigenvalue weighted by atomic mass is 79.9. The number of halogens is 2. The summed E-state index contributed by atoms with van der Waals surface area (Å²) in [5, 5.41) is 3.30. The molecule has 0 atom stereocenters. The van der Waals surface area contributed by atoms with Gasteiger partial charge in [-0.2, -0.15) is 0 Å². The maximum Gasteiger partial charge on any atom is 0.338 e. The highest BCUT2D eigenvalue weighted by Crippen LogP contribution is 2.26. The molecule has 0 aliphatic carbocycles. The summed E-state index contributed by atoms with van der Waals surface area (Å²) in [6, 6.07) is 13.3. The van der Waals surface area contributed by atoms with E-state index in [0.717, 1.165) is 20.2 Å². The Morgan fingerprint density at radius 3 is 2.65 bits per heavy atom. The Morgan fingerprint density at radius 1 is 1.20 bits per heavy atom. The number of carbonyl (C=O) groups is 1. The summed E-state index contributed by atoms with van der Waals surface area (Å²) in [5.74, 6) is -0.322. The van der Waals surface area contributed by atoms with Gasteiger partial charge >= 0.3 is 5.97 Å². The normalized spacial score (nSPS) is 10.2. The van der Waals surface area contributed by atoms with Crippen molar-refractivity contribution in [1.29, 1.82) is 0 Å². The SMILES string of the molecule is COC(=O)c1ccccc1CNc1ccc(Br)cc1Br. The molecule has 5 heteroatoms. The molecular weight excluding hydrogens is 386 g/mol. The van der Waals surface area contributed by atoms with Crippen LogP contribution in [-0.4, -0.2) is 13.1 Å². The lowest BCUT2D eigenvalue weighted by molar-refractivity contribution is 0.0599. The minimum atomic E-state index is -0.322. The minimum absolute atomic E-state index is 0.322. The Labute approximate surface area is 134 Å². The number of carbonyl (C=O) groups excluding carboxylic acids is 1.